The Balaban J connectivity index is 1.43. The van der Waals surface area contributed by atoms with Crippen LogP contribution in [0.5, 0.6) is 0 Å². The summed E-state index contributed by atoms with van der Waals surface area (Å²) in [5, 5.41) is 24.5. The maximum Gasteiger partial charge on any atom is 0.358 e. The second-order valence-corrected chi connectivity index (χ2v) is 7.90. The molecule has 3 aromatic rings. The molecule has 1 aliphatic heterocycles. The van der Waals surface area contributed by atoms with Crippen molar-refractivity contribution < 1.29 is 9.90 Å². The normalized spacial score (nSPS) is 15.2. The Morgan fingerprint density at radius 1 is 1.24 bits per heavy atom. The number of nitrogen functional groups attached to an aromatic ring is 1. The van der Waals surface area contributed by atoms with Crippen molar-refractivity contribution in [1.82, 2.24) is 25.3 Å². The summed E-state index contributed by atoms with van der Waals surface area (Å²) in [5.41, 5.74) is 9.13. The van der Waals surface area contributed by atoms with Crippen molar-refractivity contribution in [2.24, 2.45) is 5.92 Å². The second kappa shape index (κ2) is 10.0. The van der Waals surface area contributed by atoms with Gasteiger partial charge in [0.1, 0.15) is 11.9 Å². The summed E-state index contributed by atoms with van der Waals surface area (Å²) in [4.78, 5) is 28.3. The molecule has 10 nitrogen and oxygen atoms in total. The molecular formula is C23H24N8O2. The summed E-state index contributed by atoms with van der Waals surface area (Å²) in [6.45, 7) is 2.46. The molecule has 10 heteroatoms. The van der Waals surface area contributed by atoms with E-state index in [1.54, 1.807) is 12.3 Å². The number of aromatic nitrogens is 4. The predicted octanol–water partition coefficient (Wildman–Crippen LogP) is 2.24. The van der Waals surface area contributed by atoms with Gasteiger partial charge in [-0.15, -0.1) is 0 Å². The molecule has 1 unspecified atom stereocenters. The van der Waals surface area contributed by atoms with Crippen LogP contribution >= 0.6 is 0 Å². The summed E-state index contributed by atoms with van der Waals surface area (Å²) in [5.74, 6) is -0.0104. The fourth-order valence-corrected chi connectivity index (χ4v) is 3.76. The van der Waals surface area contributed by atoms with E-state index in [-0.39, 0.29) is 17.2 Å². The number of nitrogens with zero attached hydrogens (tertiary/aromatic N) is 5. The van der Waals surface area contributed by atoms with Crippen LogP contribution in [0.25, 0.3) is 11.3 Å². The first-order valence-corrected chi connectivity index (χ1v) is 10.7. The molecule has 0 bridgehead atoms. The van der Waals surface area contributed by atoms with Gasteiger partial charge in [0.05, 0.1) is 23.8 Å². The van der Waals surface area contributed by atoms with Crippen LogP contribution in [0.3, 0.4) is 0 Å². The monoisotopic (exact) mass is 444 g/mol. The lowest BCUT2D eigenvalue weighted by Gasteiger charge is -2.11. The van der Waals surface area contributed by atoms with Gasteiger partial charge in [-0.2, -0.15) is 5.26 Å². The van der Waals surface area contributed by atoms with Crippen LogP contribution in [0.2, 0.25) is 0 Å². The number of nitrogens with two attached hydrogens (primary N) is 1. The number of benzene rings is 1. The second-order valence-electron chi connectivity index (χ2n) is 7.90. The Morgan fingerprint density at radius 3 is 2.76 bits per heavy atom. The largest absolute Gasteiger partial charge is 0.476 e. The number of hydrogen-bond donors (Lipinski definition) is 4. The van der Waals surface area contributed by atoms with Crippen LogP contribution in [0.4, 0.5) is 11.6 Å². The van der Waals surface area contributed by atoms with Gasteiger partial charge in [-0.25, -0.2) is 24.7 Å². The highest BCUT2D eigenvalue weighted by molar-refractivity contribution is 5.90. The molecule has 33 heavy (non-hydrogen) atoms. The number of nitrogens with one attached hydrogen (secondary N) is 2. The summed E-state index contributed by atoms with van der Waals surface area (Å²) < 4.78 is 0. The number of rotatable bonds is 8. The van der Waals surface area contributed by atoms with E-state index in [0.29, 0.717) is 18.3 Å². The van der Waals surface area contributed by atoms with E-state index in [4.69, 9.17) is 16.0 Å². The van der Waals surface area contributed by atoms with Crippen molar-refractivity contribution >= 4 is 17.6 Å². The van der Waals surface area contributed by atoms with Crippen LogP contribution in [0, 0.1) is 17.2 Å². The zero-order valence-electron chi connectivity index (χ0n) is 18.0. The van der Waals surface area contributed by atoms with Gasteiger partial charge in [0.15, 0.2) is 17.2 Å². The molecule has 0 spiro atoms. The van der Waals surface area contributed by atoms with E-state index < -0.39 is 5.97 Å². The Labute approximate surface area is 190 Å². The van der Waals surface area contributed by atoms with E-state index in [1.165, 1.54) is 12.6 Å². The van der Waals surface area contributed by atoms with Crippen LogP contribution < -0.4 is 16.4 Å². The summed E-state index contributed by atoms with van der Waals surface area (Å²) in [6, 6.07) is 9.49. The van der Waals surface area contributed by atoms with Crippen LogP contribution in [-0.2, 0) is 13.0 Å². The van der Waals surface area contributed by atoms with Crippen molar-refractivity contribution in [3.63, 3.8) is 0 Å². The first kappa shape index (κ1) is 22.1. The lowest BCUT2D eigenvalue weighted by molar-refractivity contribution is 0.0691. The number of nitriles is 1. The van der Waals surface area contributed by atoms with Gasteiger partial charge in [-0.3, -0.25) is 0 Å². The SMILES string of the molecule is N#Cc1cnc(NCc2ccc(-c3cnc(N)c(CCC4CCNC4)n3)cc2)c(C(=O)O)n1. The van der Waals surface area contributed by atoms with E-state index in [9.17, 15) is 9.90 Å². The quantitative estimate of drug-likeness (QED) is 0.405. The van der Waals surface area contributed by atoms with Crippen molar-refractivity contribution in [2.75, 3.05) is 24.1 Å². The zero-order chi connectivity index (χ0) is 23.2. The number of anilines is 2. The molecule has 5 N–H and O–H groups in total. The highest BCUT2D eigenvalue weighted by Gasteiger charge is 2.17. The minimum absolute atomic E-state index is 0.0498. The van der Waals surface area contributed by atoms with Crippen molar-refractivity contribution in [2.45, 2.75) is 25.8 Å². The number of carboxylic acids is 1. The lowest BCUT2D eigenvalue weighted by atomic mass is 10.0. The molecule has 1 aromatic carbocycles. The first-order valence-electron chi connectivity index (χ1n) is 10.7. The molecule has 1 aliphatic rings. The summed E-state index contributed by atoms with van der Waals surface area (Å²) in [7, 11) is 0. The van der Waals surface area contributed by atoms with Gasteiger partial charge in [0.25, 0.3) is 0 Å². The van der Waals surface area contributed by atoms with Crippen molar-refractivity contribution in [3.8, 4) is 17.3 Å². The van der Waals surface area contributed by atoms with Gasteiger partial charge < -0.3 is 21.5 Å². The molecule has 0 aliphatic carbocycles. The van der Waals surface area contributed by atoms with Crippen LogP contribution in [0.15, 0.2) is 36.7 Å². The van der Waals surface area contributed by atoms with Crippen LogP contribution in [0.1, 0.15) is 40.3 Å². The Kier molecular flexibility index (Phi) is 6.71. The molecule has 0 radical (unpaired) electrons. The number of hydrogen-bond acceptors (Lipinski definition) is 9. The number of carbonyl (C=O) groups is 1. The highest BCUT2D eigenvalue weighted by Crippen LogP contribution is 2.22. The molecular weight excluding hydrogens is 420 g/mol. The fraction of sp³-hybridized carbons (Fsp3) is 0.304. The highest BCUT2D eigenvalue weighted by atomic mass is 16.4. The summed E-state index contributed by atoms with van der Waals surface area (Å²) >= 11 is 0. The first-order chi connectivity index (χ1) is 16.0. The molecule has 1 saturated heterocycles. The minimum Gasteiger partial charge on any atom is -0.476 e. The standard InChI is InChI=1S/C23H24N8O2/c24-9-17-12-29-22(20(30-17)23(32)33)28-11-14-1-4-16(5-2-14)19-13-27-21(25)18(31-19)6-3-15-7-8-26-10-15/h1-2,4-5,12-13,15,26H,3,6-8,10-11H2,(H2,25,27)(H,28,29)(H,32,33). The predicted molar refractivity (Wildman–Crippen MR) is 122 cm³/mol. The average molecular weight is 444 g/mol. The fourth-order valence-electron chi connectivity index (χ4n) is 3.76. The third-order valence-electron chi connectivity index (χ3n) is 5.63. The maximum absolute atomic E-state index is 11.4. The van der Waals surface area contributed by atoms with Gasteiger partial charge >= 0.3 is 5.97 Å². The Morgan fingerprint density at radius 2 is 2.06 bits per heavy atom. The summed E-state index contributed by atoms with van der Waals surface area (Å²) in [6.07, 6.45) is 5.94. The van der Waals surface area contributed by atoms with Crippen molar-refractivity contribution in [1.29, 1.82) is 5.26 Å². The zero-order valence-corrected chi connectivity index (χ0v) is 18.0. The maximum atomic E-state index is 11.4. The van der Waals surface area contributed by atoms with Crippen molar-refractivity contribution in [3.05, 3.63) is 59.3 Å². The Hall–Kier alpha value is -4.10. The van der Waals surface area contributed by atoms with Gasteiger partial charge in [0, 0.05) is 12.1 Å². The van der Waals surface area contributed by atoms with E-state index >= 15 is 0 Å². The third kappa shape index (κ3) is 5.39. The third-order valence-corrected chi connectivity index (χ3v) is 5.63. The molecule has 4 rings (SSSR count). The molecule has 1 fully saturated rings. The molecule has 168 valence electrons. The number of aryl methyl sites for hydroxylation is 1. The molecule has 3 heterocycles. The van der Waals surface area contributed by atoms with E-state index in [2.05, 4.69) is 25.6 Å². The average Bonchev–Trinajstić information content (AvgIpc) is 3.36. The number of carboxylic acid groups (broad SMARTS) is 1. The Bertz CT molecular complexity index is 1180. The number of aromatic carboxylic acids is 1. The topological polar surface area (TPSA) is 163 Å². The van der Waals surface area contributed by atoms with E-state index in [1.807, 2.05) is 24.3 Å². The smallest absolute Gasteiger partial charge is 0.358 e. The molecule has 1 atom stereocenters. The lowest BCUT2D eigenvalue weighted by Crippen LogP contribution is -2.11. The van der Waals surface area contributed by atoms with Crippen LogP contribution in [-0.4, -0.2) is 44.1 Å². The van der Waals surface area contributed by atoms with Gasteiger partial charge in [-0.05, 0) is 43.8 Å². The van der Waals surface area contributed by atoms with Gasteiger partial charge in [-0.1, -0.05) is 24.3 Å². The molecule has 2 aromatic heterocycles. The minimum atomic E-state index is -1.25. The molecule has 0 amide bonds. The van der Waals surface area contributed by atoms with E-state index in [0.717, 1.165) is 48.4 Å². The molecule has 0 saturated carbocycles. The van der Waals surface area contributed by atoms with Gasteiger partial charge in [0.2, 0.25) is 0 Å².